The van der Waals surface area contributed by atoms with Crippen LogP contribution in [0.15, 0.2) is 42.5 Å². The van der Waals surface area contributed by atoms with E-state index in [1.807, 2.05) is 31.1 Å². The van der Waals surface area contributed by atoms with Gasteiger partial charge in [0.15, 0.2) is 0 Å². The second kappa shape index (κ2) is 6.49. The number of carboxylic acids is 1. The molecule has 0 spiro atoms. The van der Waals surface area contributed by atoms with E-state index >= 15 is 0 Å². The Morgan fingerprint density at radius 1 is 1.09 bits per heavy atom. The molecule has 22 heavy (non-hydrogen) atoms. The molecule has 5 nitrogen and oxygen atoms in total. The lowest BCUT2D eigenvalue weighted by Gasteiger charge is -2.13. The lowest BCUT2D eigenvalue weighted by atomic mass is 10.1. The molecule has 0 atom stereocenters. The molecule has 2 aromatic rings. The third kappa shape index (κ3) is 3.56. The summed E-state index contributed by atoms with van der Waals surface area (Å²) in [5.74, 6) is -1.52. The van der Waals surface area contributed by atoms with Gasteiger partial charge in [0.2, 0.25) is 0 Å². The Labute approximate surface area is 133 Å². The van der Waals surface area contributed by atoms with E-state index in [1.165, 1.54) is 18.2 Å². The zero-order valence-electron chi connectivity index (χ0n) is 12.1. The minimum Gasteiger partial charge on any atom is -0.478 e. The number of aromatic carboxylic acids is 1. The Morgan fingerprint density at radius 2 is 1.73 bits per heavy atom. The van der Waals surface area contributed by atoms with E-state index in [9.17, 15) is 9.59 Å². The molecule has 0 aliphatic rings. The van der Waals surface area contributed by atoms with Crippen LogP contribution in [0.3, 0.4) is 0 Å². The fraction of sp³-hybridized carbons (Fsp3) is 0.125. The number of carbonyl (C=O) groups is 2. The number of hydrogen-bond donors (Lipinski definition) is 2. The molecule has 2 rings (SSSR count). The maximum atomic E-state index is 12.2. The quantitative estimate of drug-likeness (QED) is 0.907. The first kappa shape index (κ1) is 15.9. The van der Waals surface area contributed by atoms with Crippen molar-refractivity contribution >= 4 is 34.9 Å². The minimum absolute atomic E-state index is 0.0114. The fourth-order valence-corrected chi connectivity index (χ4v) is 2.08. The number of halogens is 1. The Bertz CT molecular complexity index is 712. The summed E-state index contributed by atoms with van der Waals surface area (Å²) >= 11 is 5.86. The van der Waals surface area contributed by atoms with Crippen molar-refractivity contribution in [3.05, 3.63) is 58.6 Å². The molecule has 0 unspecified atom stereocenters. The van der Waals surface area contributed by atoms with Crippen molar-refractivity contribution in [3.63, 3.8) is 0 Å². The highest BCUT2D eigenvalue weighted by molar-refractivity contribution is 6.31. The van der Waals surface area contributed by atoms with E-state index in [2.05, 4.69) is 5.32 Å². The molecular formula is C16H15ClN2O3. The van der Waals surface area contributed by atoms with Gasteiger partial charge < -0.3 is 15.3 Å². The summed E-state index contributed by atoms with van der Waals surface area (Å²) in [4.78, 5) is 25.3. The molecule has 6 heteroatoms. The minimum atomic E-state index is -1.13. The molecule has 0 saturated heterocycles. The van der Waals surface area contributed by atoms with Gasteiger partial charge in [-0.2, -0.15) is 0 Å². The van der Waals surface area contributed by atoms with E-state index in [4.69, 9.17) is 16.7 Å². The molecule has 0 aromatic heterocycles. The topological polar surface area (TPSA) is 69.6 Å². The molecular weight excluding hydrogens is 304 g/mol. The largest absolute Gasteiger partial charge is 0.478 e. The normalized spacial score (nSPS) is 10.1. The number of amides is 1. The van der Waals surface area contributed by atoms with Crippen molar-refractivity contribution in [1.82, 2.24) is 0 Å². The van der Waals surface area contributed by atoms with Crippen LogP contribution in [-0.4, -0.2) is 31.1 Å². The monoisotopic (exact) mass is 318 g/mol. The van der Waals surface area contributed by atoms with Gasteiger partial charge in [0, 0.05) is 30.4 Å². The Hall–Kier alpha value is -2.53. The SMILES string of the molecule is CN(C)c1ccc(C(=O)Nc2cc(Cl)ccc2C(=O)O)cc1. The first-order valence-electron chi connectivity index (χ1n) is 6.50. The molecule has 1 amide bonds. The van der Waals surface area contributed by atoms with Gasteiger partial charge in [-0.3, -0.25) is 4.79 Å². The number of anilines is 2. The Morgan fingerprint density at radius 3 is 2.27 bits per heavy atom. The van der Waals surface area contributed by atoms with Crippen molar-refractivity contribution in [2.75, 3.05) is 24.3 Å². The highest BCUT2D eigenvalue weighted by Crippen LogP contribution is 2.22. The van der Waals surface area contributed by atoms with Crippen molar-refractivity contribution in [3.8, 4) is 0 Å². The van der Waals surface area contributed by atoms with Crippen LogP contribution in [0.2, 0.25) is 5.02 Å². The van der Waals surface area contributed by atoms with Crippen LogP contribution in [-0.2, 0) is 0 Å². The number of nitrogens with zero attached hydrogens (tertiary/aromatic N) is 1. The van der Waals surface area contributed by atoms with E-state index < -0.39 is 11.9 Å². The van der Waals surface area contributed by atoms with Gasteiger partial charge in [-0.15, -0.1) is 0 Å². The smallest absolute Gasteiger partial charge is 0.337 e. The number of nitrogens with one attached hydrogen (secondary N) is 1. The highest BCUT2D eigenvalue weighted by atomic mass is 35.5. The van der Waals surface area contributed by atoms with Crippen LogP contribution < -0.4 is 10.2 Å². The summed E-state index contributed by atoms with van der Waals surface area (Å²) in [6, 6.07) is 11.2. The standard InChI is InChI=1S/C16H15ClN2O3/c1-19(2)12-6-3-10(4-7-12)15(20)18-14-9-11(17)5-8-13(14)16(21)22/h3-9H,1-2H3,(H,18,20)(H,21,22). The zero-order chi connectivity index (χ0) is 16.3. The molecule has 114 valence electrons. The maximum absolute atomic E-state index is 12.2. The first-order chi connectivity index (χ1) is 10.4. The molecule has 0 aliphatic carbocycles. The molecule has 2 aromatic carbocycles. The van der Waals surface area contributed by atoms with Crippen molar-refractivity contribution < 1.29 is 14.7 Å². The summed E-state index contributed by atoms with van der Waals surface area (Å²) in [6.45, 7) is 0. The van der Waals surface area contributed by atoms with Gasteiger partial charge in [0.25, 0.3) is 5.91 Å². The van der Waals surface area contributed by atoms with Gasteiger partial charge in [0.1, 0.15) is 0 Å². The number of carbonyl (C=O) groups excluding carboxylic acids is 1. The summed E-state index contributed by atoms with van der Waals surface area (Å²) < 4.78 is 0. The van der Waals surface area contributed by atoms with Crippen molar-refractivity contribution in [2.45, 2.75) is 0 Å². The van der Waals surface area contributed by atoms with E-state index in [0.29, 0.717) is 10.6 Å². The Balaban J connectivity index is 2.25. The van der Waals surface area contributed by atoms with E-state index in [1.54, 1.807) is 12.1 Å². The second-order valence-corrected chi connectivity index (χ2v) is 5.33. The average molecular weight is 319 g/mol. The Kier molecular flexibility index (Phi) is 4.68. The fourth-order valence-electron chi connectivity index (χ4n) is 1.91. The van der Waals surface area contributed by atoms with Crippen LogP contribution in [0, 0.1) is 0 Å². The summed E-state index contributed by atoms with van der Waals surface area (Å²) in [5.41, 5.74) is 1.55. The molecule has 0 bridgehead atoms. The third-order valence-corrected chi connectivity index (χ3v) is 3.34. The van der Waals surface area contributed by atoms with Gasteiger partial charge in [-0.25, -0.2) is 4.79 Å². The van der Waals surface area contributed by atoms with Crippen molar-refractivity contribution in [2.24, 2.45) is 0 Å². The number of rotatable bonds is 4. The van der Waals surface area contributed by atoms with Crippen LogP contribution >= 0.6 is 11.6 Å². The van der Waals surface area contributed by atoms with Crippen LogP contribution in [0.5, 0.6) is 0 Å². The molecule has 0 fully saturated rings. The molecule has 0 aliphatic heterocycles. The van der Waals surface area contributed by atoms with Gasteiger partial charge in [-0.1, -0.05) is 11.6 Å². The van der Waals surface area contributed by atoms with Gasteiger partial charge >= 0.3 is 5.97 Å². The van der Waals surface area contributed by atoms with Gasteiger partial charge in [0.05, 0.1) is 11.3 Å². The summed E-state index contributed by atoms with van der Waals surface area (Å²) in [6.07, 6.45) is 0. The summed E-state index contributed by atoms with van der Waals surface area (Å²) in [5, 5.41) is 12.1. The molecule has 0 radical (unpaired) electrons. The molecule has 0 heterocycles. The third-order valence-electron chi connectivity index (χ3n) is 3.11. The number of hydrogen-bond acceptors (Lipinski definition) is 3. The molecule has 2 N–H and O–H groups in total. The van der Waals surface area contributed by atoms with Crippen LogP contribution in [0.1, 0.15) is 20.7 Å². The number of benzene rings is 2. The lowest BCUT2D eigenvalue weighted by molar-refractivity contribution is 0.0698. The lowest BCUT2D eigenvalue weighted by Crippen LogP contribution is -2.15. The predicted molar refractivity (Wildman–Crippen MR) is 87.1 cm³/mol. The zero-order valence-corrected chi connectivity index (χ0v) is 12.9. The van der Waals surface area contributed by atoms with Crippen LogP contribution in [0.4, 0.5) is 11.4 Å². The maximum Gasteiger partial charge on any atom is 0.337 e. The van der Waals surface area contributed by atoms with Crippen molar-refractivity contribution in [1.29, 1.82) is 0 Å². The number of carboxylic acid groups (broad SMARTS) is 1. The first-order valence-corrected chi connectivity index (χ1v) is 6.88. The second-order valence-electron chi connectivity index (χ2n) is 4.89. The predicted octanol–water partition coefficient (Wildman–Crippen LogP) is 3.36. The van der Waals surface area contributed by atoms with E-state index in [0.717, 1.165) is 5.69 Å². The molecule has 0 saturated carbocycles. The van der Waals surface area contributed by atoms with E-state index in [-0.39, 0.29) is 11.3 Å². The van der Waals surface area contributed by atoms with Gasteiger partial charge in [-0.05, 0) is 42.5 Å². The van der Waals surface area contributed by atoms with Crippen LogP contribution in [0.25, 0.3) is 0 Å². The highest BCUT2D eigenvalue weighted by Gasteiger charge is 2.14. The summed E-state index contributed by atoms with van der Waals surface area (Å²) in [7, 11) is 3.81. The average Bonchev–Trinajstić information content (AvgIpc) is 2.47.